The van der Waals surface area contributed by atoms with Gasteiger partial charge < -0.3 is 15.4 Å². The van der Waals surface area contributed by atoms with Crippen LogP contribution in [-0.4, -0.2) is 22.0 Å². The van der Waals surface area contributed by atoms with Gasteiger partial charge in [0.05, 0.1) is 5.69 Å². The lowest BCUT2D eigenvalue weighted by Gasteiger charge is -2.10. The first-order chi connectivity index (χ1) is 9.41. The molecule has 2 aromatic rings. The van der Waals surface area contributed by atoms with E-state index in [0.29, 0.717) is 11.3 Å². The molecule has 0 aliphatic heterocycles. The highest BCUT2D eigenvalue weighted by atomic mass is 16.4. The molecule has 0 spiro atoms. The average Bonchev–Trinajstić information content (AvgIpc) is 2.70. The lowest BCUT2D eigenvalue weighted by atomic mass is 10.0. The summed E-state index contributed by atoms with van der Waals surface area (Å²) in [5.74, 6) is -1.37. The first kappa shape index (κ1) is 13.9. The van der Waals surface area contributed by atoms with Crippen molar-refractivity contribution in [2.75, 3.05) is 5.32 Å². The minimum Gasteiger partial charge on any atom is -0.478 e. The number of aromatic carboxylic acids is 1. The smallest absolute Gasteiger partial charge is 0.339 e. The van der Waals surface area contributed by atoms with E-state index in [2.05, 4.69) is 10.3 Å². The number of nitrogens with one attached hydrogen (secondary N) is 2. The molecule has 0 aliphatic rings. The first-order valence-corrected chi connectivity index (χ1v) is 6.20. The van der Waals surface area contributed by atoms with Gasteiger partial charge in [-0.1, -0.05) is 18.2 Å². The maximum absolute atomic E-state index is 12.3. The molecule has 1 aromatic carbocycles. The lowest BCUT2D eigenvalue weighted by molar-refractivity contribution is 0.0697. The van der Waals surface area contributed by atoms with Gasteiger partial charge in [0.1, 0.15) is 5.56 Å². The zero-order valence-corrected chi connectivity index (χ0v) is 11.6. The quantitative estimate of drug-likeness (QED) is 0.803. The van der Waals surface area contributed by atoms with Gasteiger partial charge in [0.2, 0.25) is 0 Å². The number of hydrogen-bond donors (Lipinski definition) is 3. The van der Waals surface area contributed by atoms with Crippen molar-refractivity contribution in [1.29, 1.82) is 0 Å². The summed E-state index contributed by atoms with van der Waals surface area (Å²) in [5.41, 5.74) is 3.16. The number of carboxylic acids is 1. The maximum Gasteiger partial charge on any atom is 0.339 e. The number of hydrogen-bond acceptors (Lipinski definition) is 2. The van der Waals surface area contributed by atoms with E-state index >= 15 is 0 Å². The molecule has 20 heavy (non-hydrogen) atoms. The number of carbonyl (C=O) groups excluding carboxylic acids is 1. The SMILES string of the molecule is Cc1cccc(C)c1C(=O)Nc1c[nH]c(C)c1C(=O)O. The van der Waals surface area contributed by atoms with Gasteiger partial charge in [-0.2, -0.15) is 0 Å². The number of aromatic nitrogens is 1. The van der Waals surface area contributed by atoms with E-state index in [9.17, 15) is 9.59 Å². The summed E-state index contributed by atoms with van der Waals surface area (Å²) in [7, 11) is 0. The first-order valence-electron chi connectivity index (χ1n) is 6.20. The molecule has 0 saturated carbocycles. The summed E-state index contributed by atoms with van der Waals surface area (Å²) < 4.78 is 0. The van der Waals surface area contributed by atoms with Crippen LogP contribution in [0.4, 0.5) is 5.69 Å². The number of H-pyrrole nitrogens is 1. The van der Waals surface area contributed by atoms with E-state index < -0.39 is 5.97 Å². The predicted molar refractivity (Wildman–Crippen MR) is 76.4 cm³/mol. The van der Waals surface area contributed by atoms with Crippen molar-refractivity contribution in [3.63, 3.8) is 0 Å². The summed E-state index contributed by atoms with van der Waals surface area (Å²) in [5, 5.41) is 11.8. The van der Waals surface area contributed by atoms with Crippen LogP contribution in [0.15, 0.2) is 24.4 Å². The highest BCUT2D eigenvalue weighted by molar-refractivity contribution is 6.09. The van der Waals surface area contributed by atoms with Gasteiger partial charge >= 0.3 is 5.97 Å². The Hall–Kier alpha value is -2.56. The van der Waals surface area contributed by atoms with Gasteiger partial charge in [0.15, 0.2) is 0 Å². The van der Waals surface area contributed by atoms with Gasteiger partial charge in [-0.15, -0.1) is 0 Å². The average molecular weight is 272 g/mol. The number of aryl methyl sites for hydroxylation is 3. The Balaban J connectivity index is 2.36. The zero-order valence-electron chi connectivity index (χ0n) is 11.6. The molecule has 5 heteroatoms. The van der Waals surface area contributed by atoms with Gasteiger partial charge in [-0.05, 0) is 31.9 Å². The number of amides is 1. The van der Waals surface area contributed by atoms with Crippen LogP contribution in [0.1, 0.15) is 37.5 Å². The van der Waals surface area contributed by atoms with E-state index in [0.717, 1.165) is 11.1 Å². The van der Waals surface area contributed by atoms with E-state index in [-0.39, 0.29) is 17.2 Å². The third-order valence-electron chi connectivity index (χ3n) is 3.25. The second kappa shape index (κ2) is 5.21. The molecule has 0 radical (unpaired) electrons. The molecule has 5 nitrogen and oxygen atoms in total. The molecule has 1 amide bonds. The van der Waals surface area contributed by atoms with Crippen LogP contribution in [0.5, 0.6) is 0 Å². The zero-order chi connectivity index (χ0) is 14.9. The number of carboxylic acid groups (broad SMARTS) is 1. The summed E-state index contributed by atoms with van der Waals surface area (Å²) in [4.78, 5) is 26.3. The summed E-state index contributed by atoms with van der Waals surface area (Å²) in [6, 6.07) is 5.58. The standard InChI is InChI=1S/C15H16N2O3/c1-8-5-4-6-9(2)12(8)14(18)17-11-7-16-10(3)13(11)15(19)20/h4-7,16H,1-3H3,(H,17,18)(H,19,20). The lowest BCUT2D eigenvalue weighted by Crippen LogP contribution is -2.16. The monoisotopic (exact) mass is 272 g/mol. The molecule has 2 rings (SSSR count). The predicted octanol–water partition coefficient (Wildman–Crippen LogP) is 2.89. The minimum absolute atomic E-state index is 0.0876. The molecule has 3 N–H and O–H groups in total. The Kier molecular flexibility index (Phi) is 3.61. The van der Waals surface area contributed by atoms with Gasteiger partial charge in [-0.25, -0.2) is 4.79 Å². The second-order valence-electron chi connectivity index (χ2n) is 4.73. The fourth-order valence-electron chi connectivity index (χ4n) is 2.26. The van der Waals surface area contributed by atoms with Crippen LogP contribution < -0.4 is 5.32 Å². The maximum atomic E-state index is 12.3. The molecule has 0 aliphatic carbocycles. The molecule has 0 saturated heterocycles. The van der Waals surface area contributed by atoms with Crippen molar-refractivity contribution in [2.24, 2.45) is 0 Å². The Morgan fingerprint density at radius 1 is 1.10 bits per heavy atom. The van der Waals surface area contributed by atoms with Gasteiger partial charge in [0, 0.05) is 17.5 Å². The Morgan fingerprint density at radius 3 is 2.25 bits per heavy atom. The summed E-state index contributed by atoms with van der Waals surface area (Å²) >= 11 is 0. The molecule has 0 unspecified atom stereocenters. The third-order valence-corrected chi connectivity index (χ3v) is 3.25. The van der Waals surface area contributed by atoms with Crippen molar-refractivity contribution in [3.8, 4) is 0 Å². The van der Waals surface area contributed by atoms with Crippen molar-refractivity contribution in [2.45, 2.75) is 20.8 Å². The Bertz CT molecular complexity index is 666. The number of anilines is 1. The summed E-state index contributed by atoms with van der Waals surface area (Å²) in [6.45, 7) is 5.35. The van der Waals surface area contributed by atoms with Crippen molar-refractivity contribution >= 4 is 17.6 Å². The molecular formula is C15H16N2O3. The highest BCUT2D eigenvalue weighted by Gasteiger charge is 2.19. The number of rotatable bonds is 3. The third kappa shape index (κ3) is 2.42. The van der Waals surface area contributed by atoms with Crippen LogP contribution >= 0.6 is 0 Å². The number of carbonyl (C=O) groups is 2. The highest BCUT2D eigenvalue weighted by Crippen LogP contribution is 2.21. The van der Waals surface area contributed by atoms with E-state index in [1.165, 1.54) is 6.20 Å². The fourth-order valence-corrected chi connectivity index (χ4v) is 2.26. The molecular weight excluding hydrogens is 256 g/mol. The van der Waals surface area contributed by atoms with E-state index in [1.54, 1.807) is 6.92 Å². The van der Waals surface area contributed by atoms with Crippen LogP contribution in [0, 0.1) is 20.8 Å². The van der Waals surface area contributed by atoms with Crippen LogP contribution in [0.25, 0.3) is 0 Å². The van der Waals surface area contributed by atoms with Gasteiger partial charge in [-0.3, -0.25) is 4.79 Å². The van der Waals surface area contributed by atoms with Gasteiger partial charge in [0.25, 0.3) is 5.91 Å². The van der Waals surface area contributed by atoms with Crippen molar-refractivity contribution < 1.29 is 14.7 Å². The molecule has 1 heterocycles. The molecule has 0 atom stereocenters. The second-order valence-corrected chi connectivity index (χ2v) is 4.73. The topological polar surface area (TPSA) is 82.2 Å². The molecule has 0 bridgehead atoms. The Morgan fingerprint density at radius 2 is 1.70 bits per heavy atom. The van der Waals surface area contributed by atoms with Crippen LogP contribution in [-0.2, 0) is 0 Å². The minimum atomic E-state index is -1.07. The van der Waals surface area contributed by atoms with E-state index in [4.69, 9.17) is 5.11 Å². The van der Waals surface area contributed by atoms with E-state index in [1.807, 2.05) is 32.0 Å². The molecule has 0 fully saturated rings. The van der Waals surface area contributed by atoms with Crippen molar-refractivity contribution in [3.05, 3.63) is 52.3 Å². The number of aromatic amines is 1. The van der Waals surface area contributed by atoms with Crippen LogP contribution in [0.3, 0.4) is 0 Å². The van der Waals surface area contributed by atoms with Crippen LogP contribution in [0.2, 0.25) is 0 Å². The fraction of sp³-hybridized carbons (Fsp3) is 0.200. The largest absolute Gasteiger partial charge is 0.478 e. The normalized spacial score (nSPS) is 10.3. The molecule has 1 aromatic heterocycles. The van der Waals surface area contributed by atoms with Crippen molar-refractivity contribution in [1.82, 2.24) is 4.98 Å². The molecule has 104 valence electrons. The Labute approximate surface area is 116 Å². The summed E-state index contributed by atoms with van der Waals surface area (Å²) in [6.07, 6.45) is 1.49. The number of benzene rings is 1.